The van der Waals surface area contributed by atoms with E-state index in [-0.39, 0.29) is 24.3 Å². The van der Waals surface area contributed by atoms with Crippen molar-refractivity contribution in [2.75, 3.05) is 31.5 Å². The molecule has 2 fully saturated rings. The molecular weight excluding hydrogens is 396 g/mol. The van der Waals surface area contributed by atoms with Crippen LogP contribution in [-0.2, 0) is 9.59 Å². The van der Waals surface area contributed by atoms with E-state index in [0.29, 0.717) is 13.0 Å². The van der Waals surface area contributed by atoms with Gasteiger partial charge in [-0.05, 0) is 56.4 Å². The van der Waals surface area contributed by atoms with Crippen molar-refractivity contribution in [3.63, 3.8) is 0 Å². The number of carbonyl (C=O) groups is 2. The summed E-state index contributed by atoms with van der Waals surface area (Å²) in [5, 5.41) is 15.7. The number of aliphatic imine (C=N–C) groups is 1. The van der Waals surface area contributed by atoms with Crippen LogP contribution in [0.3, 0.4) is 0 Å². The van der Waals surface area contributed by atoms with Gasteiger partial charge in [-0.1, -0.05) is 0 Å². The summed E-state index contributed by atoms with van der Waals surface area (Å²) in [4.78, 5) is 33.6. The zero-order chi connectivity index (χ0) is 21.6. The molecule has 1 atom stereocenters. The Morgan fingerprint density at radius 1 is 1.19 bits per heavy atom. The van der Waals surface area contributed by atoms with Crippen LogP contribution >= 0.6 is 0 Å². The van der Waals surface area contributed by atoms with Gasteiger partial charge < -0.3 is 19.5 Å². The van der Waals surface area contributed by atoms with Crippen LogP contribution in [0.4, 0.5) is 5.69 Å². The van der Waals surface area contributed by atoms with E-state index in [1.165, 1.54) is 0 Å². The summed E-state index contributed by atoms with van der Waals surface area (Å²) in [5.74, 6) is 0.0307. The Labute approximate surface area is 180 Å². The third-order valence-corrected chi connectivity index (χ3v) is 5.71. The normalized spacial score (nSPS) is 19.9. The van der Waals surface area contributed by atoms with Gasteiger partial charge in [0.15, 0.2) is 6.19 Å². The number of furan rings is 1. The number of guanidine groups is 1. The van der Waals surface area contributed by atoms with E-state index >= 15 is 0 Å². The first-order valence-electron chi connectivity index (χ1n) is 10.7. The predicted molar refractivity (Wildman–Crippen MR) is 116 cm³/mol. The van der Waals surface area contributed by atoms with Crippen molar-refractivity contribution in [2.45, 2.75) is 38.1 Å². The van der Waals surface area contributed by atoms with Crippen LogP contribution < -0.4 is 10.6 Å². The van der Waals surface area contributed by atoms with E-state index < -0.39 is 6.04 Å². The molecule has 9 nitrogen and oxygen atoms in total. The van der Waals surface area contributed by atoms with Crippen LogP contribution in [0.15, 0.2) is 39.9 Å². The van der Waals surface area contributed by atoms with Crippen LogP contribution in [0, 0.1) is 11.5 Å². The fourth-order valence-corrected chi connectivity index (χ4v) is 4.08. The molecule has 31 heavy (non-hydrogen) atoms. The fourth-order valence-electron chi connectivity index (χ4n) is 4.08. The van der Waals surface area contributed by atoms with Crippen LogP contribution in [0.1, 0.15) is 32.1 Å². The van der Waals surface area contributed by atoms with Crippen molar-refractivity contribution in [1.29, 1.82) is 5.26 Å². The third kappa shape index (κ3) is 4.97. The molecule has 3 heterocycles. The van der Waals surface area contributed by atoms with Crippen molar-refractivity contribution in [2.24, 2.45) is 4.99 Å². The van der Waals surface area contributed by atoms with Crippen molar-refractivity contribution in [1.82, 2.24) is 15.1 Å². The van der Waals surface area contributed by atoms with Crippen molar-refractivity contribution >= 4 is 34.4 Å². The van der Waals surface area contributed by atoms with Gasteiger partial charge in [-0.2, -0.15) is 5.26 Å². The van der Waals surface area contributed by atoms with Crippen molar-refractivity contribution < 1.29 is 14.0 Å². The molecule has 9 heteroatoms. The minimum Gasteiger partial charge on any atom is -0.464 e. The highest BCUT2D eigenvalue weighted by molar-refractivity contribution is 5.98. The highest BCUT2D eigenvalue weighted by atomic mass is 16.3. The smallest absolute Gasteiger partial charge is 0.247 e. The second kappa shape index (κ2) is 9.51. The third-order valence-electron chi connectivity index (χ3n) is 5.71. The lowest BCUT2D eigenvalue weighted by molar-refractivity contribution is -0.140. The molecule has 1 aromatic carbocycles. The first-order valence-corrected chi connectivity index (χ1v) is 10.7. The summed E-state index contributed by atoms with van der Waals surface area (Å²) in [6.07, 6.45) is 7.76. The molecule has 0 bridgehead atoms. The van der Waals surface area contributed by atoms with Crippen LogP contribution in [-0.4, -0.2) is 59.8 Å². The summed E-state index contributed by atoms with van der Waals surface area (Å²) in [6.45, 7) is 2.18. The molecule has 4 rings (SSSR count). The lowest BCUT2D eigenvalue weighted by Crippen LogP contribution is -2.45. The Bertz CT molecular complexity index is 1020. The van der Waals surface area contributed by atoms with Gasteiger partial charge in [0.1, 0.15) is 11.6 Å². The van der Waals surface area contributed by atoms with E-state index in [0.717, 1.165) is 55.4 Å². The molecule has 0 unspecified atom stereocenters. The number of nitriles is 1. The van der Waals surface area contributed by atoms with Gasteiger partial charge in [-0.3, -0.25) is 14.9 Å². The summed E-state index contributed by atoms with van der Waals surface area (Å²) in [6, 6.07) is 6.72. The molecule has 2 saturated heterocycles. The largest absolute Gasteiger partial charge is 0.464 e. The Balaban J connectivity index is 1.48. The number of benzene rings is 1. The molecule has 2 aliphatic heterocycles. The Kier molecular flexibility index (Phi) is 6.36. The number of likely N-dealkylation sites (tertiary alicyclic amines) is 2. The van der Waals surface area contributed by atoms with Crippen molar-refractivity contribution in [3.8, 4) is 6.19 Å². The minimum atomic E-state index is -0.644. The fraction of sp³-hybridized carbons (Fsp3) is 0.455. The van der Waals surface area contributed by atoms with E-state index in [2.05, 4.69) is 15.6 Å². The number of hydrogen-bond acceptors (Lipinski definition) is 5. The van der Waals surface area contributed by atoms with Gasteiger partial charge in [-0.15, -0.1) is 0 Å². The average Bonchev–Trinajstić information content (AvgIpc) is 3.43. The quantitative estimate of drug-likeness (QED) is 0.338. The van der Waals surface area contributed by atoms with Gasteiger partial charge >= 0.3 is 0 Å². The zero-order valence-electron chi connectivity index (χ0n) is 17.3. The number of rotatable bonds is 4. The number of fused-ring (bicyclic) bond motifs is 1. The van der Waals surface area contributed by atoms with E-state index in [1.807, 2.05) is 35.4 Å². The second-order valence-electron chi connectivity index (χ2n) is 7.87. The van der Waals surface area contributed by atoms with Crippen molar-refractivity contribution in [3.05, 3.63) is 30.5 Å². The number of anilines is 1. The number of amides is 2. The van der Waals surface area contributed by atoms with E-state index in [9.17, 15) is 9.59 Å². The molecular formula is C22H26N6O3. The van der Waals surface area contributed by atoms with Crippen LogP contribution in [0.5, 0.6) is 0 Å². The Morgan fingerprint density at radius 2 is 2.00 bits per heavy atom. The molecule has 2 amide bonds. The topological polar surface area (TPSA) is 114 Å². The lowest BCUT2D eigenvalue weighted by Gasteiger charge is -2.25. The first kappa shape index (κ1) is 20.7. The number of carbonyl (C=O) groups excluding carboxylic acids is 2. The maximum absolute atomic E-state index is 13.1. The highest BCUT2D eigenvalue weighted by Gasteiger charge is 2.30. The number of nitrogens with one attached hydrogen (secondary N) is 2. The summed E-state index contributed by atoms with van der Waals surface area (Å²) in [7, 11) is 0. The maximum Gasteiger partial charge on any atom is 0.247 e. The Morgan fingerprint density at radius 3 is 2.81 bits per heavy atom. The molecule has 0 spiro atoms. The standard InChI is InChI=1S/C22H26N6O3/c23-15-24-22(25-17-6-7-19-16(13-17)8-12-31-19)26-18-5-1-2-11-28(21(18)30)14-20(29)27-9-3-4-10-27/h6-8,12-13,18H,1-5,9-11,14H2,(H2,24,25,26)/t18-/m0/s1. The average molecular weight is 422 g/mol. The second-order valence-corrected chi connectivity index (χ2v) is 7.87. The molecule has 1 aromatic heterocycles. The molecule has 0 radical (unpaired) electrons. The van der Waals surface area contributed by atoms with E-state index in [4.69, 9.17) is 9.68 Å². The first-order chi connectivity index (χ1) is 15.1. The molecule has 0 aliphatic carbocycles. The van der Waals surface area contributed by atoms with Gasteiger partial charge in [-0.25, -0.2) is 4.99 Å². The Hall–Kier alpha value is -3.54. The monoisotopic (exact) mass is 422 g/mol. The molecule has 2 aromatic rings. The van der Waals surface area contributed by atoms with Gasteiger partial charge in [0.2, 0.25) is 17.8 Å². The molecule has 0 saturated carbocycles. The van der Waals surface area contributed by atoms with Gasteiger partial charge in [0, 0.05) is 30.7 Å². The number of nitrogens with zero attached hydrogens (tertiary/aromatic N) is 4. The highest BCUT2D eigenvalue weighted by Crippen LogP contribution is 2.21. The molecule has 2 aliphatic rings. The molecule has 2 N–H and O–H groups in total. The summed E-state index contributed by atoms with van der Waals surface area (Å²) < 4.78 is 5.35. The minimum absolute atomic E-state index is 0.00241. The van der Waals surface area contributed by atoms with Crippen LogP contribution in [0.25, 0.3) is 11.0 Å². The summed E-state index contributed by atoms with van der Waals surface area (Å²) >= 11 is 0. The predicted octanol–water partition coefficient (Wildman–Crippen LogP) is 2.27. The lowest BCUT2D eigenvalue weighted by atomic mass is 10.1. The van der Waals surface area contributed by atoms with Gasteiger partial charge in [0.05, 0.1) is 12.8 Å². The van der Waals surface area contributed by atoms with Gasteiger partial charge in [0.25, 0.3) is 0 Å². The van der Waals surface area contributed by atoms with E-state index in [1.54, 1.807) is 11.2 Å². The SMILES string of the molecule is N#CNC(=N[C@H]1CCCCN(CC(=O)N2CCCC2)C1=O)Nc1ccc2occc2c1. The number of hydrogen-bond donors (Lipinski definition) is 2. The summed E-state index contributed by atoms with van der Waals surface area (Å²) in [5.41, 5.74) is 1.48. The molecule has 162 valence electrons. The maximum atomic E-state index is 13.1. The van der Waals surface area contributed by atoms with Crippen LogP contribution in [0.2, 0.25) is 0 Å². The zero-order valence-corrected chi connectivity index (χ0v) is 17.3.